The molecule has 2 rings (SSSR count). The second-order valence-corrected chi connectivity index (χ2v) is 5.14. The highest BCUT2D eigenvalue weighted by molar-refractivity contribution is 6.32. The normalized spacial score (nSPS) is 12.2. The van der Waals surface area contributed by atoms with Gasteiger partial charge in [0.2, 0.25) is 0 Å². The van der Waals surface area contributed by atoms with E-state index in [1.165, 1.54) is 0 Å². The fraction of sp³-hybridized carbons (Fsp3) is 0.417. The standard InChI is InChI=1S/C12H16BFN6O5/c14-9-5-4-8(20(23)24)7-11(9)19-12(16-17-18-19)10(15)3-1-2-6-25-13(21)22/h4-5,7,10,21-22H,1-3,6,15H2. The molecule has 0 saturated carbocycles. The largest absolute Gasteiger partial charge is 0.633 e. The summed E-state index contributed by atoms with van der Waals surface area (Å²) in [6, 6.07) is 2.38. The maximum atomic E-state index is 14.0. The van der Waals surface area contributed by atoms with Crippen LogP contribution in [0.5, 0.6) is 0 Å². The third-order valence-corrected chi connectivity index (χ3v) is 3.37. The molecule has 1 aromatic heterocycles. The van der Waals surface area contributed by atoms with Gasteiger partial charge in [-0.1, -0.05) is 0 Å². The number of nitrogens with two attached hydrogens (primary N) is 1. The van der Waals surface area contributed by atoms with Crippen molar-refractivity contribution < 1.29 is 24.0 Å². The van der Waals surface area contributed by atoms with Crippen LogP contribution >= 0.6 is 0 Å². The van der Waals surface area contributed by atoms with E-state index in [0.29, 0.717) is 19.3 Å². The highest BCUT2D eigenvalue weighted by atomic mass is 19.1. The van der Waals surface area contributed by atoms with E-state index in [1.54, 1.807) is 0 Å². The number of non-ortho nitro benzene ring substituents is 1. The van der Waals surface area contributed by atoms with Gasteiger partial charge in [-0.3, -0.25) is 10.1 Å². The quantitative estimate of drug-likeness (QED) is 0.241. The average Bonchev–Trinajstić information content (AvgIpc) is 3.03. The molecule has 1 atom stereocenters. The molecule has 4 N–H and O–H groups in total. The lowest BCUT2D eigenvalue weighted by atomic mass is 10.1. The van der Waals surface area contributed by atoms with E-state index in [2.05, 4.69) is 20.2 Å². The highest BCUT2D eigenvalue weighted by Crippen LogP contribution is 2.23. The van der Waals surface area contributed by atoms with E-state index < -0.39 is 24.1 Å². The molecule has 0 bridgehead atoms. The summed E-state index contributed by atoms with van der Waals surface area (Å²) in [5.41, 5.74) is 5.54. The van der Waals surface area contributed by atoms with Crippen molar-refractivity contribution in [3.05, 3.63) is 40.0 Å². The SMILES string of the molecule is NC(CCCCOB(O)O)c1nnnn1-c1cc([N+](=O)[O-])ccc1F. The molecule has 0 saturated heterocycles. The molecule has 1 heterocycles. The minimum Gasteiger partial charge on any atom is -0.402 e. The fourth-order valence-electron chi connectivity index (χ4n) is 2.16. The molecule has 1 aromatic carbocycles. The van der Waals surface area contributed by atoms with Crippen molar-refractivity contribution in [3.63, 3.8) is 0 Å². The summed E-state index contributed by atoms with van der Waals surface area (Å²) in [4.78, 5) is 10.2. The summed E-state index contributed by atoms with van der Waals surface area (Å²) in [5, 5.41) is 38.8. The molecule has 0 aliphatic rings. The lowest BCUT2D eigenvalue weighted by Crippen LogP contribution is -2.19. The number of hydrogen-bond donors (Lipinski definition) is 3. The zero-order chi connectivity index (χ0) is 18.4. The van der Waals surface area contributed by atoms with Crippen molar-refractivity contribution in [1.29, 1.82) is 0 Å². The lowest BCUT2D eigenvalue weighted by molar-refractivity contribution is -0.384. The number of aromatic nitrogens is 4. The van der Waals surface area contributed by atoms with Crippen LogP contribution in [0, 0.1) is 15.9 Å². The predicted molar refractivity (Wildman–Crippen MR) is 82.7 cm³/mol. The highest BCUT2D eigenvalue weighted by Gasteiger charge is 2.20. The molecule has 0 amide bonds. The topological polar surface area (TPSA) is 162 Å². The van der Waals surface area contributed by atoms with Gasteiger partial charge >= 0.3 is 7.32 Å². The third kappa shape index (κ3) is 5.00. The Kier molecular flexibility index (Phi) is 6.47. The van der Waals surface area contributed by atoms with Gasteiger partial charge in [-0.15, -0.1) is 5.10 Å². The summed E-state index contributed by atoms with van der Waals surface area (Å²) in [6.45, 7) is 0.134. The average molecular weight is 354 g/mol. The zero-order valence-corrected chi connectivity index (χ0v) is 13.0. The van der Waals surface area contributed by atoms with Gasteiger partial charge in [0.15, 0.2) is 5.82 Å². The number of unbranched alkanes of at least 4 members (excludes halogenated alkanes) is 1. The molecule has 0 aliphatic carbocycles. The van der Waals surface area contributed by atoms with Crippen molar-refractivity contribution in [2.24, 2.45) is 5.73 Å². The molecule has 25 heavy (non-hydrogen) atoms. The second kappa shape index (κ2) is 8.57. The number of rotatable bonds is 9. The van der Waals surface area contributed by atoms with Crippen LogP contribution in [0.1, 0.15) is 31.1 Å². The van der Waals surface area contributed by atoms with Gasteiger partial charge in [0, 0.05) is 18.7 Å². The van der Waals surface area contributed by atoms with Crippen LogP contribution in [0.4, 0.5) is 10.1 Å². The molecule has 1 unspecified atom stereocenters. The predicted octanol–water partition coefficient (Wildman–Crippen LogP) is -0.134. The summed E-state index contributed by atoms with van der Waals surface area (Å²) in [6.07, 6.45) is 1.50. The van der Waals surface area contributed by atoms with Crippen LogP contribution in [0.25, 0.3) is 5.69 Å². The first-order chi connectivity index (χ1) is 11.9. The van der Waals surface area contributed by atoms with Gasteiger partial charge in [-0.05, 0) is 35.8 Å². The summed E-state index contributed by atoms with van der Waals surface area (Å²) in [5.74, 6) is -0.570. The van der Waals surface area contributed by atoms with E-state index >= 15 is 0 Å². The third-order valence-electron chi connectivity index (χ3n) is 3.37. The Hall–Kier alpha value is -2.48. The summed E-state index contributed by atoms with van der Waals surface area (Å²) >= 11 is 0. The summed E-state index contributed by atoms with van der Waals surface area (Å²) in [7, 11) is -1.82. The number of nitro groups is 1. The lowest BCUT2D eigenvalue weighted by Gasteiger charge is -2.12. The first-order valence-electron chi connectivity index (χ1n) is 7.36. The Morgan fingerprint density at radius 3 is 2.88 bits per heavy atom. The number of tetrazole rings is 1. The molecule has 0 spiro atoms. The molecule has 11 nitrogen and oxygen atoms in total. The van der Waals surface area contributed by atoms with Crippen molar-refractivity contribution in [2.45, 2.75) is 25.3 Å². The zero-order valence-electron chi connectivity index (χ0n) is 13.0. The molecule has 0 fully saturated rings. The van der Waals surface area contributed by atoms with Gasteiger partial charge in [0.1, 0.15) is 11.5 Å². The number of benzene rings is 1. The van der Waals surface area contributed by atoms with Gasteiger partial charge in [0.25, 0.3) is 5.69 Å². The van der Waals surface area contributed by atoms with Crippen molar-refractivity contribution in [2.75, 3.05) is 6.61 Å². The fourth-order valence-corrected chi connectivity index (χ4v) is 2.16. The molecule has 134 valence electrons. The Labute approximate surface area is 141 Å². The molecule has 0 radical (unpaired) electrons. The van der Waals surface area contributed by atoms with E-state index in [1.807, 2.05) is 0 Å². The van der Waals surface area contributed by atoms with Crippen LogP contribution < -0.4 is 5.73 Å². The number of nitrogens with zero attached hydrogens (tertiary/aromatic N) is 5. The maximum absolute atomic E-state index is 14.0. The number of hydrogen-bond acceptors (Lipinski definition) is 9. The number of halogens is 1. The molecule has 13 heteroatoms. The molecular weight excluding hydrogens is 338 g/mol. The van der Waals surface area contributed by atoms with Crippen molar-refractivity contribution in [3.8, 4) is 5.69 Å². The van der Waals surface area contributed by atoms with Gasteiger partial charge in [0.05, 0.1) is 11.0 Å². The minimum atomic E-state index is -1.82. The molecular formula is C12H16BFN6O5. The van der Waals surface area contributed by atoms with Crippen molar-refractivity contribution >= 4 is 13.0 Å². The van der Waals surface area contributed by atoms with Crippen LogP contribution in [0.15, 0.2) is 18.2 Å². The monoisotopic (exact) mass is 354 g/mol. The van der Waals surface area contributed by atoms with E-state index in [9.17, 15) is 14.5 Å². The Balaban J connectivity index is 2.09. The van der Waals surface area contributed by atoms with E-state index in [4.69, 9.17) is 15.8 Å². The van der Waals surface area contributed by atoms with Gasteiger partial charge in [-0.2, -0.15) is 4.68 Å². The second-order valence-electron chi connectivity index (χ2n) is 5.14. The summed E-state index contributed by atoms with van der Waals surface area (Å²) < 4.78 is 19.6. The van der Waals surface area contributed by atoms with Crippen LogP contribution in [0.3, 0.4) is 0 Å². The smallest absolute Gasteiger partial charge is 0.402 e. The Morgan fingerprint density at radius 1 is 1.44 bits per heavy atom. The molecule has 0 aliphatic heterocycles. The first-order valence-corrected chi connectivity index (χ1v) is 7.36. The number of nitro benzene ring substituents is 1. The van der Waals surface area contributed by atoms with E-state index in [0.717, 1.165) is 22.9 Å². The first kappa shape index (κ1) is 18.9. The maximum Gasteiger partial charge on any atom is 0.633 e. The van der Waals surface area contributed by atoms with Gasteiger partial charge in [-0.25, -0.2) is 4.39 Å². The van der Waals surface area contributed by atoms with Crippen molar-refractivity contribution in [1.82, 2.24) is 20.2 Å². The van der Waals surface area contributed by atoms with Crippen LogP contribution in [-0.4, -0.2) is 49.1 Å². The Bertz CT molecular complexity index is 730. The molecule has 2 aromatic rings. The van der Waals surface area contributed by atoms with Crippen LogP contribution in [0.2, 0.25) is 0 Å². The van der Waals surface area contributed by atoms with E-state index in [-0.39, 0.29) is 23.8 Å². The van der Waals surface area contributed by atoms with Gasteiger partial charge < -0.3 is 20.4 Å². The van der Waals surface area contributed by atoms with Crippen LogP contribution in [-0.2, 0) is 4.65 Å². The Morgan fingerprint density at radius 2 is 2.20 bits per heavy atom. The minimum absolute atomic E-state index is 0.134.